The summed E-state index contributed by atoms with van der Waals surface area (Å²) < 4.78 is 0.0492. The van der Waals surface area contributed by atoms with E-state index in [1.54, 1.807) is 0 Å². The molecule has 0 heterocycles. The van der Waals surface area contributed by atoms with Crippen molar-refractivity contribution in [3.05, 3.63) is 28.8 Å². The zero-order chi connectivity index (χ0) is 20.0. The molecule has 25 heavy (non-hydrogen) atoms. The van der Waals surface area contributed by atoms with Crippen LogP contribution in [-0.2, 0) is 10.8 Å². The number of carbonyl (C=O) groups is 1. The van der Waals surface area contributed by atoms with Gasteiger partial charge in [-0.25, -0.2) is 0 Å². The first-order valence-corrected chi connectivity index (χ1v) is 10.1. The molecule has 0 aliphatic heterocycles. The van der Waals surface area contributed by atoms with Gasteiger partial charge in [0.05, 0.1) is 0 Å². The molecule has 0 fully saturated rings. The lowest BCUT2D eigenvalue weighted by Crippen LogP contribution is -2.31. The van der Waals surface area contributed by atoms with Crippen LogP contribution in [0.4, 0.5) is 0 Å². The molecular weight excluding hydrogens is 423 g/mol. The maximum Gasteiger partial charge on any atom is 0.168 e. The van der Waals surface area contributed by atoms with Gasteiger partial charge in [0.25, 0.3) is 0 Å². The highest BCUT2D eigenvalue weighted by molar-refractivity contribution is 14.1. The first-order chi connectivity index (χ1) is 10.9. The third-order valence-electron chi connectivity index (χ3n) is 4.47. The summed E-state index contributed by atoms with van der Waals surface area (Å²) in [6.45, 7) is 20.8. The van der Waals surface area contributed by atoms with E-state index in [4.69, 9.17) is 0 Å². The zero-order valence-electron chi connectivity index (χ0n) is 17.6. The number of rotatable bonds is 4. The Labute approximate surface area is 167 Å². The number of benzene rings is 1. The highest BCUT2D eigenvalue weighted by Crippen LogP contribution is 2.42. The molecule has 2 nitrogen and oxygen atoms in total. The molecule has 0 atom stereocenters. The SMILES string of the molecule is CC(C)(I)CC(C)(C)C(=O)c1cc(C(C)(C)C)c(O)c(C(C)(C)C)c1. The second kappa shape index (κ2) is 6.86. The van der Waals surface area contributed by atoms with Gasteiger partial charge in [-0.05, 0) is 29.4 Å². The Hall–Kier alpha value is -0.580. The second-order valence-electron chi connectivity index (χ2n) is 10.5. The number of aromatic hydroxyl groups is 1. The van der Waals surface area contributed by atoms with Crippen molar-refractivity contribution in [2.75, 3.05) is 0 Å². The number of carbonyl (C=O) groups excluding carboxylic acids is 1. The summed E-state index contributed by atoms with van der Waals surface area (Å²) in [5, 5.41) is 10.8. The van der Waals surface area contributed by atoms with E-state index in [0.717, 1.165) is 17.5 Å². The van der Waals surface area contributed by atoms with E-state index < -0.39 is 5.41 Å². The number of ketones is 1. The Morgan fingerprint density at radius 3 is 1.52 bits per heavy atom. The average molecular weight is 458 g/mol. The number of hydrogen-bond acceptors (Lipinski definition) is 2. The number of phenols is 1. The lowest BCUT2D eigenvalue weighted by Gasteiger charge is -2.32. The van der Waals surface area contributed by atoms with E-state index in [1.165, 1.54) is 0 Å². The summed E-state index contributed by atoms with van der Waals surface area (Å²) in [5.74, 6) is 0.469. The summed E-state index contributed by atoms with van der Waals surface area (Å²) in [5.41, 5.74) is 1.48. The van der Waals surface area contributed by atoms with Crippen LogP contribution in [0.1, 0.15) is 97.1 Å². The first kappa shape index (κ1) is 22.5. The van der Waals surface area contributed by atoms with E-state index in [9.17, 15) is 9.90 Å². The molecule has 142 valence electrons. The normalized spacial score (nSPS) is 13.9. The summed E-state index contributed by atoms with van der Waals surface area (Å²) in [6.07, 6.45) is 0.802. The van der Waals surface area contributed by atoms with Crippen LogP contribution in [0.2, 0.25) is 0 Å². The zero-order valence-corrected chi connectivity index (χ0v) is 19.8. The summed E-state index contributed by atoms with van der Waals surface area (Å²) >= 11 is 2.41. The molecule has 0 aliphatic rings. The largest absolute Gasteiger partial charge is 0.507 e. The Morgan fingerprint density at radius 1 is 0.880 bits per heavy atom. The number of halogens is 1. The van der Waals surface area contributed by atoms with Crippen LogP contribution in [0.15, 0.2) is 12.1 Å². The molecule has 0 radical (unpaired) electrons. The van der Waals surface area contributed by atoms with E-state index in [2.05, 4.69) is 78.0 Å². The van der Waals surface area contributed by atoms with Gasteiger partial charge in [0.1, 0.15) is 5.75 Å². The summed E-state index contributed by atoms with van der Waals surface area (Å²) in [7, 11) is 0. The minimum atomic E-state index is -0.452. The molecule has 1 N–H and O–H groups in total. The predicted molar refractivity (Wildman–Crippen MR) is 116 cm³/mol. The van der Waals surface area contributed by atoms with Crippen LogP contribution in [0.3, 0.4) is 0 Å². The lowest BCUT2D eigenvalue weighted by molar-refractivity contribution is 0.0817. The molecule has 1 aromatic carbocycles. The fraction of sp³-hybridized carbons (Fsp3) is 0.682. The molecule has 3 heteroatoms. The number of alkyl halides is 1. The van der Waals surface area contributed by atoms with Gasteiger partial charge in [-0.3, -0.25) is 4.79 Å². The summed E-state index contributed by atoms with van der Waals surface area (Å²) in [4.78, 5) is 13.3. The van der Waals surface area contributed by atoms with E-state index in [1.807, 2.05) is 26.0 Å². The monoisotopic (exact) mass is 458 g/mol. The fourth-order valence-corrected chi connectivity index (χ4v) is 4.38. The Balaban J connectivity index is 3.58. The van der Waals surface area contributed by atoms with Crippen molar-refractivity contribution in [1.29, 1.82) is 0 Å². The van der Waals surface area contributed by atoms with Crippen LogP contribution in [0.5, 0.6) is 5.75 Å². The van der Waals surface area contributed by atoms with E-state index >= 15 is 0 Å². The van der Waals surface area contributed by atoms with Crippen molar-refractivity contribution in [2.24, 2.45) is 5.41 Å². The standard InChI is InChI=1S/C22H35IO2/c1-19(2,3)15-11-14(12-16(17(15)24)20(4,5)6)18(25)21(7,8)13-22(9,10)23/h11-12,24H,13H2,1-10H3. The molecular formula is C22H35IO2. The minimum Gasteiger partial charge on any atom is -0.507 e. The third-order valence-corrected chi connectivity index (χ3v) is 4.85. The maximum atomic E-state index is 13.3. The molecule has 0 bridgehead atoms. The Bertz CT molecular complexity index is 615. The quantitative estimate of drug-likeness (QED) is 0.306. The molecule has 0 amide bonds. The number of phenolic OH excluding ortho intramolecular Hbond substituents is 1. The molecule has 0 saturated heterocycles. The number of hydrogen-bond donors (Lipinski definition) is 1. The van der Waals surface area contributed by atoms with Gasteiger partial charge in [0.15, 0.2) is 5.78 Å². The van der Waals surface area contributed by atoms with Crippen molar-refractivity contribution < 1.29 is 9.90 Å². The highest BCUT2D eigenvalue weighted by Gasteiger charge is 2.36. The Morgan fingerprint density at radius 2 is 1.24 bits per heavy atom. The highest BCUT2D eigenvalue weighted by atomic mass is 127. The third kappa shape index (κ3) is 5.70. The molecule has 0 aliphatic carbocycles. The van der Waals surface area contributed by atoms with Gasteiger partial charge in [-0.15, -0.1) is 0 Å². The van der Waals surface area contributed by atoms with Gasteiger partial charge in [0.2, 0.25) is 0 Å². The van der Waals surface area contributed by atoms with Gasteiger partial charge in [-0.2, -0.15) is 0 Å². The van der Waals surface area contributed by atoms with Gasteiger partial charge in [-0.1, -0.05) is 91.8 Å². The molecule has 0 aromatic heterocycles. The van der Waals surface area contributed by atoms with Crippen molar-refractivity contribution in [2.45, 2.75) is 89.9 Å². The van der Waals surface area contributed by atoms with Crippen LogP contribution < -0.4 is 0 Å². The minimum absolute atomic E-state index is 0.0492. The maximum absolute atomic E-state index is 13.3. The van der Waals surface area contributed by atoms with Crippen molar-refractivity contribution in [1.82, 2.24) is 0 Å². The molecule has 0 unspecified atom stereocenters. The van der Waals surface area contributed by atoms with E-state index in [0.29, 0.717) is 11.3 Å². The van der Waals surface area contributed by atoms with Crippen LogP contribution >= 0.6 is 22.6 Å². The van der Waals surface area contributed by atoms with Gasteiger partial charge in [0, 0.05) is 25.5 Å². The van der Waals surface area contributed by atoms with Crippen LogP contribution in [0, 0.1) is 5.41 Å². The predicted octanol–water partition coefficient (Wildman–Crippen LogP) is 6.80. The second-order valence-corrected chi connectivity index (χ2v) is 13.4. The van der Waals surface area contributed by atoms with E-state index in [-0.39, 0.29) is 20.0 Å². The Kier molecular flexibility index (Phi) is 6.16. The van der Waals surface area contributed by atoms with Crippen molar-refractivity contribution in [3.63, 3.8) is 0 Å². The van der Waals surface area contributed by atoms with Gasteiger partial charge < -0.3 is 5.11 Å². The van der Waals surface area contributed by atoms with Crippen molar-refractivity contribution in [3.8, 4) is 5.75 Å². The first-order valence-electron chi connectivity index (χ1n) is 8.98. The van der Waals surface area contributed by atoms with Crippen molar-refractivity contribution >= 4 is 28.4 Å². The average Bonchev–Trinajstić information content (AvgIpc) is 2.32. The molecule has 0 saturated carbocycles. The summed E-state index contributed by atoms with van der Waals surface area (Å²) in [6, 6.07) is 3.80. The van der Waals surface area contributed by atoms with Gasteiger partial charge >= 0.3 is 0 Å². The molecule has 1 rings (SSSR count). The lowest BCUT2D eigenvalue weighted by atomic mass is 9.74. The topological polar surface area (TPSA) is 37.3 Å². The number of Topliss-reactive ketones (excluding diaryl/α,β-unsaturated/α-hetero) is 1. The molecule has 1 aromatic rings. The fourth-order valence-electron chi connectivity index (χ4n) is 3.43. The smallest absolute Gasteiger partial charge is 0.168 e. The molecule has 0 spiro atoms. The van der Waals surface area contributed by atoms with Crippen LogP contribution in [-0.4, -0.2) is 14.3 Å². The van der Waals surface area contributed by atoms with Crippen LogP contribution in [0.25, 0.3) is 0 Å².